The van der Waals surface area contributed by atoms with Crippen molar-refractivity contribution >= 4 is 28.7 Å². The van der Waals surface area contributed by atoms with Crippen molar-refractivity contribution in [1.82, 2.24) is 29.7 Å². The van der Waals surface area contributed by atoms with Gasteiger partial charge in [0.1, 0.15) is 18.5 Å². The SMILES string of the molecule is CC(C)(C)c1nc(CSC[C@@H]2O[C@@H](n3cnc4c(NC5CCOC5)ncnc43)[C@@H](O)[C@H]2O)no1. The number of aliphatic hydroxyl groups excluding tert-OH is 2. The van der Waals surface area contributed by atoms with Crippen LogP contribution in [-0.4, -0.2) is 83.2 Å². The smallest absolute Gasteiger partial charge is 0.232 e. The normalized spacial score (nSPS) is 27.6. The molecular weight excluding hydrogens is 462 g/mol. The van der Waals surface area contributed by atoms with Gasteiger partial charge in [0, 0.05) is 17.8 Å². The molecule has 5 heterocycles. The van der Waals surface area contributed by atoms with Crippen LogP contribution in [0.5, 0.6) is 0 Å². The molecule has 0 spiro atoms. The third-order valence-electron chi connectivity index (χ3n) is 5.86. The minimum atomic E-state index is -1.13. The first-order chi connectivity index (χ1) is 16.3. The van der Waals surface area contributed by atoms with E-state index in [9.17, 15) is 10.2 Å². The molecule has 0 saturated carbocycles. The number of fused-ring (bicyclic) bond motifs is 1. The van der Waals surface area contributed by atoms with E-state index in [-0.39, 0.29) is 11.5 Å². The number of anilines is 1. The average Bonchev–Trinajstić information content (AvgIpc) is 3.58. The Morgan fingerprint density at radius 2 is 2.06 bits per heavy atom. The van der Waals surface area contributed by atoms with Gasteiger partial charge in [0.25, 0.3) is 0 Å². The Balaban J connectivity index is 1.25. The molecule has 2 saturated heterocycles. The van der Waals surface area contributed by atoms with Crippen LogP contribution in [0.2, 0.25) is 0 Å². The molecule has 34 heavy (non-hydrogen) atoms. The lowest BCUT2D eigenvalue weighted by atomic mass is 9.97. The quantitative estimate of drug-likeness (QED) is 0.436. The van der Waals surface area contributed by atoms with E-state index in [0.29, 0.717) is 53.4 Å². The van der Waals surface area contributed by atoms with Crippen LogP contribution in [-0.2, 0) is 20.6 Å². The Kier molecular flexibility index (Phi) is 6.46. The summed E-state index contributed by atoms with van der Waals surface area (Å²) in [6.07, 6.45) is 0.312. The van der Waals surface area contributed by atoms with Crippen LogP contribution in [0.3, 0.4) is 0 Å². The highest BCUT2D eigenvalue weighted by Crippen LogP contribution is 2.34. The van der Waals surface area contributed by atoms with Crippen molar-refractivity contribution in [3.8, 4) is 0 Å². The van der Waals surface area contributed by atoms with Gasteiger partial charge in [0.2, 0.25) is 5.89 Å². The Hall–Kier alpha value is -2.32. The second-order valence-electron chi connectivity index (χ2n) is 9.58. The van der Waals surface area contributed by atoms with Gasteiger partial charge in [0.05, 0.1) is 30.8 Å². The van der Waals surface area contributed by atoms with Crippen molar-refractivity contribution in [3.63, 3.8) is 0 Å². The molecular formula is C21H29N7O5S. The van der Waals surface area contributed by atoms with Crippen molar-refractivity contribution in [2.45, 2.75) is 68.9 Å². The fourth-order valence-electron chi connectivity index (χ4n) is 3.97. The van der Waals surface area contributed by atoms with Gasteiger partial charge in [-0.15, -0.1) is 0 Å². The molecule has 13 heteroatoms. The summed E-state index contributed by atoms with van der Waals surface area (Å²) in [6, 6.07) is 0.165. The van der Waals surface area contributed by atoms with E-state index < -0.39 is 24.5 Å². The number of aliphatic hydroxyl groups is 2. The summed E-state index contributed by atoms with van der Waals surface area (Å²) in [5, 5.41) is 28.7. The summed E-state index contributed by atoms with van der Waals surface area (Å²) in [5.41, 5.74) is 0.877. The highest BCUT2D eigenvalue weighted by Gasteiger charge is 2.44. The largest absolute Gasteiger partial charge is 0.387 e. The van der Waals surface area contributed by atoms with Crippen LogP contribution >= 0.6 is 11.8 Å². The van der Waals surface area contributed by atoms with E-state index in [1.807, 2.05) is 20.8 Å². The third-order valence-corrected chi connectivity index (χ3v) is 6.89. The van der Waals surface area contributed by atoms with Crippen LogP contribution < -0.4 is 5.32 Å². The van der Waals surface area contributed by atoms with Crippen LogP contribution in [0, 0.1) is 0 Å². The first kappa shape index (κ1) is 23.4. The van der Waals surface area contributed by atoms with Gasteiger partial charge in [-0.25, -0.2) is 15.0 Å². The summed E-state index contributed by atoms with van der Waals surface area (Å²) in [7, 11) is 0. The van der Waals surface area contributed by atoms with Gasteiger partial charge in [-0.2, -0.15) is 16.7 Å². The zero-order chi connectivity index (χ0) is 23.9. The predicted octanol–water partition coefficient (Wildman–Crippen LogP) is 1.26. The zero-order valence-electron chi connectivity index (χ0n) is 19.3. The first-order valence-electron chi connectivity index (χ1n) is 11.3. The summed E-state index contributed by atoms with van der Waals surface area (Å²) in [4.78, 5) is 17.5. The van der Waals surface area contributed by atoms with Gasteiger partial charge in [0.15, 0.2) is 29.0 Å². The van der Waals surface area contributed by atoms with Crippen LogP contribution in [0.15, 0.2) is 17.2 Å². The number of hydrogen-bond donors (Lipinski definition) is 3. The van der Waals surface area contributed by atoms with Crippen LogP contribution in [0.4, 0.5) is 5.82 Å². The maximum atomic E-state index is 10.7. The molecule has 12 nitrogen and oxygen atoms in total. The van der Waals surface area contributed by atoms with E-state index in [1.54, 1.807) is 10.9 Å². The average molecular weight is 492 g/mol. The Bertz CT molecular complexity index is 1130. The molecule has 3 aromatic heterocycles. The van der Waals surface area contributed by atoms with Crippen molar-refractivity contribution < 1.29 is 24.2 Å². The second kappa shape index (κ2) is 9.38. The molecule has 0 aromatic carbocycles. The molecule has 0 radical (unpaired) electrons. The predicted molar refractivity (Wildman–Crippen MR) is 123 cm³/mol. The number of nitrogens with one attached hydrogen (secondary N) is 1. The monoisotopic (exact) mass is 491 g/mol. The van der Waals surface area contributed by atoms with Gasteiger partial charge in [-0.1, -0.05) is 25.9 Å². The molecule has 3 N–H and O–H groups in total. The van der Waals surface area contributed by atoms with Gasteiger partial charge < -0.3 is 29.5 Å². The molecule has 0 amide bonds. The Labute approximate surface area is 200 Å². The first-order valence-corrected chi connectivity index (χ1v) is 12.4. The van der Waals surface area contributed by atoms with Crippen molar-refractivity contribution in [3.05, 3.63) is 24.4 Å². The summed E-state index contributed by atoms with van der Waals surface area (Å²) in [6.45, 7) is 7.35. The summed E-state index contributed by atoms with van der Waals surface area (Å²) < 4.78 is 18.4. The highest BCUT2D eigenvalue weighted by molar-refractivity contribution is 7.98. The number of thioether (sulfide) groups is 1. The Morgan fingerprint density at radius 1 is 1.21 bits per heavy atom. The number of ether oxygens (including phenoxy) is 2. The minimum absolute atomic E-state index is 0.165. The van der Waals surface area contributed by atoms with Crippen LogP contribution in [0.25, 0.3) is 11.2 Å². The molecule has 5 atom stereocenters. The van der Waals surface area contributed by atoms with Crippen molar-refractivity contribution in [1.29, 1.82) is 0 Å². The maximum Gasteiger partial charge on any atom is 0.232 e. The molecule has 0 aliphatic carbocycles. The highest BCUT2D eigenvalue weighted by atomic mass is 32.2. The zero-order valence-corrected chi connectivity index (χ0v) is 20.1. The third kappa shape index (κ3) is 4.62. The van der Waals surface area contributed by atoms with E-state index in [0.717, 1.165) is 6.42 Å². The van der Waals surface area contributed by atoms with Crippen molar-refractivity contribution in [2.75, 3.05) is 24.3 Å². The fourth-order valence-corrected chi connectivity index (χ4v) is 4.89. The number of hydrogen-bond acceptors (Lipinski definition) is 12. The van der Waals surface area contributed by atoms with E-state index in [4.69, 9.17) is 14.0 Å². The number of aromatic nitrogens is 6. The number of nitrogens with zero attached hydrogens (tertiary/aromatic N) is 6. The fraction of sp³-hybridized carbons (Fsp3) is 0.667. The van der Waals surface area contributed by atoms with E-state index in [2.05, 4.69) is 30.4 Å². The minimum Gasteiger partial charge on any atom is -0.387 e. The van der Waals surface area contributed by atoms with E-state index >= 15 is 0 Å². The maximum absolute atomic E-state index is 10.7. The lowest BCUT2D eigenvalue weighted by Gasteiger charge is -2.17. The molecule has 1 unspecified atom stereocenters. The Morgan fingerprint density at radius 3 is 2.79 bits per heavy atom. The van der Waals surface area contributed by atoms with Gasteiger partial charge in [-0.3, -0.25) is 4.57 Å². The standard InChI is InChI=1S/C21H29N7O5S/c1-21(2,3)20-26-13(27-33-20)8-34-7-12-15(29)16(30)19(32-12)28-10-24-14-17(22-9-23-18(14)28)25-11-4-5-31-6-11/h9-12,15-16,19,29-30H,4-8H2,1-3H3,(H,22,23,25)/t11?,12-,15-,16-,19+/m0/s1. The molecule has 3 aromatic rings. The summed E-state index contributed by atoms with van der Waals surface area (Å²) >= 11 is 1.50. The lowest BCUT2D eigenvalue weighted by molar-refractivity contribution is -0.0289. The topological polar surface area (TPSA) is 153 Å². The van der Waals surface area contributed by atoms with E-state index in [1.165, 1.54) is 18.1 Å². The number of rotatable bonds is 7. The second-order valence-corrected chi connectivity index (χ2v) is 10.6. The molecule has 0 bridgehead atoms. The number of imidazole rings is 1. The van der Waals surface area contributed by atoms with Crippen LogP contribution in [0.1, 0.15) is 45.1 Å². The molecule has 2 fully saturated rings. The molecule has 5 rings (SSSR count). The molecule has 184 valence electrons. The van der Waals surface area contributed by atoms with Gasteiger partial charge >= 0.3 is 0 Å². The van der Waals surface area contributed by atoms with Crippen molar-refractivity contribution in [2.24, 2.45) is 0 Å². The van der Waals surface area contributed by atoms with Gasteiger partial charge in [-0.05, 0) is 6.42 Å². The molecule has 2 aliphatic heterocycles. The summed E-state index contributed by atoms with van der Waals surface area (Å²) in [5.74, 6) is 2.73. The lowest BCUT2D eigenvalue weighted by Crippen LogP contribution is -2.32. The molecule has 2 aliphatic rings.